The molecule has 178 valence electrons. The average molecular weight is 478 g/mol. The number of rotatable bonds is 12. The number of nitro benzene ring substituents is 1. The summed E-state index contributed by atoms with van der Waals surface area (Å²) in [7, 11) is 1.31. The maximum Gasteiger partial charge on any atom is 0.311 e. The first-order chi connectivity index (χ1) is 15.8. The predicted octanol–water partition coefficient (Wildman–Crippen LogP) is 3.97. The number of methoxy groups -OCH3 is 1. The maximum atomic E-state index is 13.2. The van der Waals surface area contributed by atoms with Crippen LogP contribution in [0.25, 0.3) is 0 Å². The van der Waals surface area contributed by atoms with Gasteiger partial charge in [0, 0.05) is 30.2 Å². The Kier molecular flexibility index (Phi) is 9.93. The van der Waals surface area contributed by atoms with Gasteiger partial charge in [0.2, 0.25) is 11.7 Å². The fourth-order valence-electron chi connectivity index (χ4n) is 3.20. The number of hydrogen-bond acceptors (Lipinski definition) is 6. The average Bonchev–Trinajstić information content (AvgIpc) is 2.81. The molecule has 33 heavy (non-hydrogen) atoms. The van der Waals surface area contributed by atoms with Gasteiger partial charge in [-0.3, -0.25) is 19.7 Å². The Labute approximate surface area is 197 Å². The Balaban J connectivity index is 2.22. The number of amides is 2. The van der Waals surface area contributed by atoms with Crippen LogP contribution in [0, 0.1) is 10.1 Å². The molecular formula is C23H28ClN3O6. The molecule has 0 fully saturated rings. The first-order valence-electron chi connectivity index (χ1n) is 10.6. The van der Waals surface area contributed by atoms with Crippen LogP contribution in [-0.4, -0.2) is 47.9 Å². The van der Waals surface area contributed by atoms with Crippen molar-refractivity contribution in [3.05, 3.63) is 63.2 Å². The molecule has 0 heterocycles. The van der Waals surface area contributed by atoms with E-state index >= 15 is 0 Å². The molecule has 0 unspecified atom stereocenters. The summed E-state index contributed by atoms with van der Waals surface area (Å²) in [6.45, 7) is 4.13. The lowest BCUT2D eigenvalue weighted by atomic mass is 10.1. The fraction of sp³-hybridized carbons (Fsp3) is 0.391. The second kappa shape index (κ2) is 12.6. The normalized spacial score (nSPS) is 11.4. The number of ether oxygens (including phenoxy) is 2. The minimum Gasteiger partial charge on any atom is -0.490 e. The van der Waals surface area contributed by atoms with Crippen molar-refractivity contribution >= 4 is 29.1 Å². The second-order valence-corrected chi connectivity index (χ2v) is 7.68. The van der Waals surface area contributed by atoms with Crippen LogP contribution in [0.15, 0.2) is 42.5 Å². The molecule has 9 nitrogen and oxygen atoms in total. The van der Waals surface area contributed by atoms with E-state index in [2.05, 4.69) is 5.32 Å². The van der Waals surface area contributed by atoms with Gasteiger partial charge >= 0.3 is 5.69 Å². The van der Waals surface area contributed by atoms with E-state index in [1.165, 1.54) is 30.2 Å². The van der Waals surface area contributed by atoms with Gasteiger partial charge in [0.1, 0.15) is 11.8 Å². The predicted molar refractivity (Wildman–Crippen MR) is 125 cm³/mol. The van der Waals surface area contributed by atoms with Crippen molar-refractivity contribution in [1.82, 2.24) is 10.2 Å². The molecule has 0 aliphatic heterocycles. The number of halogens is 1. The van der Waals surface area contributed by atoms with Crippen LogP contribution in [0.5, 0.6) is 11.5 Å². The number of hydrogen-bond donors (Lipinski definition) is 1. The summed E-state index contributed by atoms with van der Waals surface area (Å²) in [4.78, 5) is 37.9. The van der Waals surface area contributed by atoms with Gasteiger partial charge in [-0.2, -0.15) is 0 Å². The molecule has 0 aliphatic rings. The van der Waals surface area contributed by atoms with Gasteiger partial charge < -0.3 is 19.7 Å². The second-order valence-electron chi connectivity index (χ2n) is 7.24. The van der Waals surface area contributed by atoms with E-state index in [4.69, 9.17) is 21.1 Å². The van der Waals surface area contributed by atoms with E-state index in [1.54, 1.807) is 24.3 Å². The zero-order valence-corrected chi connectivity index (χ0v) is 19.6. The Bertz CT molecular complexity index is 967. The molecule has 0 radical (unpaired) electrons. The van der Waals surface area contributed by atoms with Crippen molar-refractivity contribution in [3.8, 4) is 11.5 Å². The van der Waals surface area contributed by atoms with Crippen molar-refractivity contribution in [1.29, 1.82) is 0 Å². The number of nitrogens with zero attached hydrogens (tertiary/aromatic N) is 2. The third-order valence-corrected chi connectivity index (χ3v) is 5.16. The summed E-state index contributed by atoms with van der Waals surface area (Å²) >= 11 is 5.96. The van der Waals surface area contributed by atoms with Gasteiger partial charge in [-0.15, -0.1) is 0 Å². The first kappa shape index (κ1) is 25.9. The smallest absolute Gasteiger partial charge is 0.311 e. The van der Waals surface area contributed by atoms with Gasteiger partial charge in [0.15, 0.2) is 6.61 Å². The van der Waals surface area contributed by atoms with Crippen LogP contribution >= 0.6 is 11.6 Å². The summed E-state index contributed by atoms with van der Waals surface area (Å²) in [5.74, 6) is -0.381. The minimum atomic E-state index is -0.685. The zero-order chi connectivity index (χ0) is 24.4. The maximum absolute atomic E-state index is 13.2. The highest BCUT2D eigenvalue weighted by Gasteiger charge is 2.29. The molecule has 2 amide bonds. The highest BCUT2D eigenvalue weighted by Crippen LogP contribution is 2.30. The van der Waals surface area contributed by atoms with E-state index < -0.39 is 16.9 Å². The summed E-state index contributed by atoms with van der Waals surface area (Å²) in [5, 5.41) is 14.5. The largest absolute Gasteiger partial charge is 0.490 e. The molecule has 0 saturated heterocycles. The molecule has 2 rings (SSSR count). The third kappa shape index (κ3) is 7.35. The molecule has 0 bridgehead atoms. The van der Waals surface area contributed by atoms with Crippen molar-refractivity contribution in [2.45, 2.75) is 39.3 Å². The Morgan fingerprint density at radius 2 is 1.88 bits per heavy atom. The Morgan fingerprint density at radius 3 is 2.45 bits per heavy atom. The standard InChI is InChI=1S/C23H28ClN3O6/c1-4-12-25-23(29)19(5-2)26(14-16-6-8-17(24)9-7-16)22(28)15-33-18-10-11-20(27(30)31)21(13-18)32-3/h6-11,13,19H,4-5,12,14-15H2,1-3H3,(H,25,29)/t19-/m1/s1. The number of carbonyl (C=O) groups excluding carboxylic acids is 2. The summed E-state index contributed by atoms with van der Waals surface area (Å²) in [5.41, 5.74) is 0.602. The quantitative estimate of drug-likeness (QED) is 0.365. The lowest BCUT2D eigenvalue weighted by molar-refractivity contribution is -0.385. The summed E-state index contributed by atoms with van der Waals surface area (Å²) in [6.07, 6.45) is 1.19. The SMILES string of the molecule is CCCNC(=O)[C@@H](CC)N(Cc1ccc(Cl)cc1)C(=O)COc1ccc([N+](=O)[O-])c(OC)c1. The molecule has 10 heteroatoms. The lowest BCUT2D eigenvalue weighted by Crippen LogP contribution is -2.50. The van der Waals surface area contributed by atoms with Crippen molar-refractivity contribution in [2.75, 3.05) is 20.3 Å². The number of nitrogens with one attached hydrogen (secondary N) is 1. The molecule has 0 saturated carbocycles. The highest BCUT2D eigenvalue weighted by atomic mass is 35.5. The number of benzene rings is 2. The van der Waals surface area contributed by atoms with Crippen LogP contribution in [0.1, 0.15) is 32.3 Å². The third-order valence-electron chi connectivity index (χ3n) is 4.91. The van der Waals surface area contributed by atoms with E-state index in [0.29, 0.717) is 18.0 Å². The Hall–Kier alpha value is -3.33. The molecule has 1 N–H and O–H groups in total. The minimum absolute atomic E-state index is 0.0216. The van der Waals surface area contributed by atoms with Crippen molar-refractivity contribution in [2.24, 2.45) is 0 Å². The fourth-order valence-corrected chi connectivity index (χ4v) is 3.32. The van der Waals surface area contributed by atoms with E-state index in [1.807, 2.05) is 13.8 Å². The Morgan fingerprint density at radius 1 is 1.18 bits per heavy atom. The van der Waals surface area contributed by atoms with E-state index in [-0.39, 0.29) is 36.2 Å². The van der Waals surface area contributed by atoms with E-state index in [9.17, 15) is 19.7 Å². The van der Waals surface area contributed by atoms with Crippen LogP contribution in [0.2, 0.25) is 5.02 Å². The van der Waals surface area contributed by atoms with Crippen LogP contribution in [0.3, 0.4) is 0 Å². The van der Waals surface area contributed by atoms with Crippen LogP contribution in [-0.2, 0) is 16.1 Å². The van der Waals surface area contributed by atoms with Gasteiger partial charge in [-0.05, 0) is 36.6 Å². The molecular weight excluding hydrogens is 450 g/mol. The molecule has 0 aromatic heterocycles. The highest BCUT2D eigenvalue weighted by molar-refractivity contribution is 6.30. The van der Waals surface area contributed by atoms with Gasteiger partial charge in [-0.25, -0.2) is 0 Å². The van der Waals surface area contributed by atoms with Gasteiger partial charge in [0.25, 0.3) is 5.91 Å². The zero-order valence-electron chi connectivity index (χ0n) is 18.9. The molecule has 0 aliphatic carbocycles. The monoisotopic (exact) mass is 477 g/mol. The van der Waals surface area contributed by atoms with Crippen LogP contribution < -0.4 is 14.8 Å². The number of carbonyl (C=O) groups is 2. The summed E-state index contributed by atoms with van der Waals surface area (Å²) < 4.78 is 10.6. The molecule has 2 aromatic rings. The lowest BCUT2D eigenvalue weighted by Gasteiger charge is -2.30. The topological polar surface area (TPSA) is 111 Å². The number of nitro groups is 1. The summed E-state index contributed by atoms with van der Waals surface area (Å²) in [6, 6.07) is 10.3. The van der Waals surface area contributed by atoms with Crippen molar-refractivity contribution < 1.29 is 24.0 Å². The molecule has 0 spiro atoms. The van der Waals surface area contributed by atoms with E-state index in [0.717, 1.165) is 12.0 Å². The first-order valence-corrected chi connectivity index (χ1v) is 10.9. The van der Waals surface area contributed by atoms with Gasteiger partial charge in [-0.1, -0.05) is 37.6 Å². The molecule has 2 aromatic carbocycles. The van der Waals surface area contributed by atoms with Gasteiger partial charge in [0.05, 0.1) is 12.0 Å². The molecule has 1 atom stereocenters. The van der Waals surface area contributed by atoms with Crippen LogP contribution in [0.4, 0.5) is 5.69 Å². The van der Waals surface area contributed by atoms with Crippen molar-refractivity contribution in [3.63, 3.8) is 0 Å².